The number of hydrogen-bond donors (Lipinski definition) is 0. The Morgan fingerprint density at radius 1 is 0.434 bits per heavy atom. The highest BCUT2D eigenvalue weighted by Crippen LogP contribution is 2.38. The Hall–Kier alpha value is -5.74. The molecule has 2 aliphatic heterocycles. The summed E-state index contributed by atoms with van der Waals surface area (Å²) < 4.78 is 13.6. The van der Waals surface area contributed by atoms with E-state index in [1.54, 1.807) is 0 Å². The maximum Gasteiger partial charge on any atom is 0.193 e. The van der Waals surface area contributed by atoms with Crippen LogP contribution in [0.2, 0.25) is 0 Å². The van der Waals surface area contributed by atoms with Crippen LogP contribution in [0.3, 0.4) is 0 Å². The molecule has 0 bridgehead atoms. The lowest BCUT2D eigenvalue weighted by molar-refractivity contribution is 0.181. The van der Waals surface area contributed by atoms with Gasteiger partial charge in [0.15, 0.2) is 11.8 Å². The molecule has 2 aliphatic rings. The van der Waals surface area contributed by atoms with Crippen LogP contribution in [-0.4, -0.2) is 23.9 Å². The topological polar surface area (TPSA) is 43.2 Å². The molecular formula is C49H46N2O2. The van der Waals surface area contributed by atoms with Crippen molar-refractivity contribution in [3.8, 4) is 22.3 Å². The maximum atomic E-state index is 6.79. The molecule has 2 unspecified atom stereocenters. The molecule has 0 saturated heterocycles. The predicted molar refractivity (Wildman–Crippen MR) is 218 cm³/mol. The minimum atomic E-state index is -0.192. The largest absolute Gasteiger partial charge is 0.470 e. The molecule has 0 fully saturated rings. The van der Waals surface area contributed by atoms with Crippen LogP contribution in [0.4, 0.5) is 0 Å². The fourth-order valence-corrected chi connectivity index (χ4v) is 7.99. The third-order valence-corrected chi connectivity index (χ3v) is 10.8. The minimum absolute atomic E-state index is 0.0765. The van der Waals surface area contributed by atoms with E-state index in [-0.39, 0.29) is 24.3 Å². The molecule has 0 aromatic heterocycles. The summed E-state index contributed by atoms with van der Waals surface area (Å²) in [6, 6.07) is 51.7. The van der Waals surface area contributed by atoms with E-state index in [0.717, 1.165) is 12.8 Å². The van der Waals surface area contributed by atoms with Crippen molar-refractivity contribution < 1.29 is 9.47 Å². The van der Waals surface area contributed by atoms with Gasteiger partial charge in [-0.3, -0.25) is 0 Å². The molecule has 4 atom stereocenters. The number of hydrogen-bond acceptors (Lipinski definition) is 4. The van der Waals surface area contributed by atoms with E-state index >= 15 is 0 Å². The van der Waals surface area contributed by atoms with Crippen LogP contribution in [0.1, 0.15) is 63.1 Å². The number of aryl methyl sites for hydroxylation is 4. The minimum Gasteiger partial charge on any atom is -0.470 e. The normalized spacial score (nSPS) is 19.3. The Morgan fingerprint density at radius 3 is 1.25 bits per heavy atom. The fourth-order valence-electron chi connectivity index (χ4n) is 7.99. The second kappa shape index (κ2) is 15.1. The van der Waals surface area contributed by atoms with E-state index in [2.05, 4.69) is 173 Å². The first kappa shape index (κ1) is 34.4. The van der Waals surface area contributed by atoms with Crippen molar-refractivity contribution in [3.05, 3.63) is 190 Å². The molecule has 0 spiro atoms. The van der Waals surface area contributed by atoms with Crippen LogP contribution in [0.5, 0.6) is 0 Å². The van der Waals surface area contributed by atoms with Crippen molar-refractivity contribution in [2.75, 3.05) is 0 Å². The molecule has 0 aliphatic carbocycles. The lowest BCUT2D eigenvalue weighted by atomic mass is 9.92. The van der Waals surface area contributed by atoms with E-state index in [1.165, 1.54) is 66.8 Å². The third-order valence-electron chi connectivity index (χ3n) is 10.8. The van der Waals surface area contributed by atoms with Gasteiger partial charge in [0, 0.05) is 0 Å². The fraction of sp³-hybridized carbons (Fsp3) is 0.224. The molecule has 53 heavy (non-hydrogen) atoms. The van der Waals surface area contributed by atoms with Crippen LogP contribution in [0.25, 0.3) is 22.3 Å². The number of benzene rings is 6. The van der Waals surface area contributed by atoms with Crippen LogP contribution in [0, 0.1) is 27.7 Å². The Balaban J connectivity index is 1.08. The summed E-state index contributed by atoms with van der Waals surface area (Å²) in [5.41, 5.74) is 14.7. The summed E-state index contributed by atoms with van der Waals surface area (Å²) in [6.07, 6.45) is 1.57. The molecule has 6 aromatic rings. The van der Waals surface area contributed by atoms with Crippen molar-refractivity contribution in [2.24, 2.45) is 9.98 Å². The molecule has 4 nitrogen and oxygen atoms in total. The summed E-state index contributed by atoms with van der Waals surface area (Å²) in [7, 11) is 0. The van der Waals surface area contributed by atoms with Crippen LogP contribution < -0.4 is 0 Å². The Bertz CT molecular complexity index is 2160. The van der Waals surface area contributed by atoms with Gasteiger partial charge in [0.2, 0.25) is 0 Å². The lowest BCUT2D eigenvalue weighted by Crippen LogP contribution is -2.19. The first-order valence-electron chi connectivity index (χ1n) is 18.8. The average Bonchev–Trinajstić information content (AvgIpc) is 3.75. The van der Waals surface area contributed by atoms with Gasteiger partial charge in [-0.25, -0.2) is 9.98 Å². The van der Waals surface area contributed by atoms with Gasteiger partial charge in [0.1, 0.15) is 12.2 Å². The van der Waals surface area contributed by atoms with E-state index < -0.39 is 0 Å². The Kier molecular flexibility index (Phi) is 9.78. The van der Waals surface area contributed by atoms with Crippen LogP contribution in [0.15, 0.2) is 156 Å². The number of aliphatic imine (C=N–C) groups is 2. The Labute approximate surface area is 313 Å². The molecule has 264 valence electrons. The van der Waals surface area contributed by atoms with E-state index in [4.69, 9.17) is 19.5 Å². The van der Waals surface area contributed by atoms with Crippen molar-refractivity contribution in [2.45, 2.75) is 71.2 Å². The quantitative estimate of drug-likeness (QED) is 0.143. The van der Waals surface area contributed by atoms with E-state index in [0.29, 0.717) is 18.2 Å². The summed E-state index contributed by atoms with van der Waals surface area (Å²) in [6.45, 7) is 8.65. The van der Waals surface area contributed by atoms with Crippen LogP contribution in [-0.2, 0) is 22.3 Å². The van der Waals surface area contributed by atoms with E-state index in [1.807, 2.05) is 0 Å². The van der Waals surface area contributed by atoms with Crippen LogP contribution >= 0.6 is 0 Å². The molecular weight excluding hydrogens is 649 g/mol. The molecule has 0 amide bonds. The van der Waals surface area contributed by atoms with Gasteiger partial charge in [-0.2, -0.15) is 0 Å². The van der Waals surface area contributed by atoms with Crippen molar-refractivity contribution in [1.82, 2.24) is 0 Å². The molecule has 2 heterocycles. The summed E-state index contributed by atoms with van der Waals surface area (Å²) in [5.74, 6) is 1.37. The maximum absolute atomic E-state index is 6.79. The Morgan fingerprint density at radius 2 is 0.830 bits per heavy atom. The highest BCUT2D eigenvalue weighted by atomic mass is 16.5. The standard InChI is InChI=1S/C49H46N2O2/c1-32-15-5-9-23-40(32)38-21-13-19-36(27-38)29-44-48(42-25-11-7-17-34(42)3)52-46(50-44)31-47-51-45(49(53-47)43-26-12-8-18-35(43)4)30-37-20-14-22-39(28-37)41-24-10-6-16-33(41)2/h5-28,44-45,48-49H,29-31H2,1-4H3/t44-,45-,48?,49?/m1/s1. The van der Waals surface area contributed by atoms with Gasteiger partial charge >= 0.3 is 0 Å². The number of nitrogens with zero attached hydrogens (tertiary/aromatic N) is 2. The predicted octanol–water partition coefficient (Wildman–Crippen LogP) is 11.5. The van der Waals surface area contributed by atoms with E-state index in [9.17, 15) is 0 Å². The first-order valence-corrected chi connectivity index (χ1v) is 18.8. The van der Waals surface area contributed by atoms with Crippen molar-refractivity contribution in [1.29, 1.82) is 0 Å². The number of rotatable bonds is 10. The molecule has 0 saturated carbocycles. The SMILES string of the molecule is Cc1ccccc1-c1cccc(C[C@H]2N=C(CC3=N[C@H](Cc4cccc(-c5ccccc5C)c4)C(c4ccccc4C)O3)OC2c2ccccc2C)c1. The second-order valence-corrected chi connectivity index (χ2v) is 14.6. The number of ether oxygens (including phenoxy) is 2. The highest BCUT2D eigenvalue weighted by Gasteiger charge is 2.38. The average molecular weight is 695 g/mol. The van der Waals surface area contributed by atoms with Gasteiger partial charge in [-0.05, 0) is 107 Å². The van der Waals surface area contributed by atoms with Gasteiger partial charge in [-0.1, -0.05) is 146 Å². The summed E-state index contributed by atoms with van der Waals surface area (Å²) in [4.78, 5) is 10.6. The van der Waals surface area contributed by atoms with Crippen molar-refractivity contribution >= 4 is 11.8 Å². The zero-order valence-corrected chi connectivity index (χ0v) is 31.0. The molecule has 6 aromatic carbocycles. The smallest absolute Gasteiger partial charge is 0.193 e. The van der Waals surface area contributed by atoms with Gasteiger partial charge in [-0.15, -0.1) is 0 Å². The molecule has 0 N–H and O–H groups in total. The second-order valence-electron chi connectivity index (χ2n) is 14.6. The third kappa shape index (κ3) is 7.45. The summed E-state index contributed by atoms with van der Waals surface area (Å²) in [5, 5.41) is 0. The molecule has 0 radical (unpaired) electrons. The lowest BCUT2D eigenvalue weighted by Gasteiger charge is -2.21. The van der Waals surface area contributed by atoms with Gasteiger partial charge in [0.05, 0.1) is 18.5 Å². The van der Waals surface area contributed by atoms with Crippen molar-refractivity contribution in [3.63, 3.8) is 0 Å². The molecule has 4 heteroatoms. The highest BCUT2D eigenvalue weighted by molar-refractivity contribution is 5.98. The zero-order valence-electron chi connectivity index (χ0n) is 31.0. The monoisotopic (exact) mass is 694 g/mol. The zero-order chi connectivity index (χ0) is 36.3. The summed E-state index contributed by atoms with van der Waals surface area (Å²) >= 11 is 0. The van der Waals surface area contributed by atoms with Gasteiger partial charge < -0.3 is 9.47 Å². The van der Waals surface area contributed by atoms with Gasteiger partial charge in [0.25, 0.3) is 0 Å². The molecule has 8 rings (SSSR count). The first-order chi connectivity index (χ1) is 25.9.